The second-order valence-electron chi connectivity index (χ2n) is 4.56. The minimum absolute atomic E-state index is 0.0896. The summed E-state index contributed by atoms with van der Waals surface area (Å²) in [6, 6.07) is 12.7. The molecule has 0 saturated carbocycles. The van der Waals surface area contributed by atoms with Crippen LogP contribution in [0.25, 0.3) is 0 Å². The van der Waals surface area contributed by atoms with Crippen molar-refractivity contribution in [2.24, 2.45) is 0 Å². The third kappa shape index (κ3) is 4.42. The molecule has 0 aliphatic heterocycles. The Balaban J connectivity index is 2.14. The summed E-state index contributed by atoms with van der Waals surface area (Å²) in [5, 5.41) is 8.83. The summed E-state index contributed by atoms with van der Waals surface area (Å²) in [6.07, 6.45) is 3.39. The number of carbonyl (C=O) groups excluding carboxylic acids is 1. The predicted octanol–water partition coefficient (Wildman–Crippen LogP) is 2.13. The second-order valence-corrected chi connectivity index (χ2v) is 4.56. The molecule has 0 unspecified atom stereocenters. The Labute approximate surface area is 122 Å². The van der Waals surface area contributed by atoms with Crippen LogP contribution >= 0.6 is 0 Å². The van der Waals surface area contributed by atoms with E-state index < -0.39 is 5.97 Å². The van der Waals surface area contributed by atoms with Crippen molar-refractivity contribution in [3.8, 4) is 0 Å². The maximum Gasteiger partial charge on any atom is 0.305 e. The van der Waals surface area contributed by atoms with E-state index in [1.54, 1.807) is 30.6 Å². The maximum atomic E-state index is 12.4. The monoisotopic (exact) mass is 284 g/mol. The maximum absolute atomic E-state index is 12.4. The quantitative estimate of drug-likeness (QED) is 0.882. The van der Waals surface area contributed by atoms with Crippen LogP contribution in [-0.2, 0) is 16.0 Å². The van der Waals surface area contributed by atoms with Crippen LogP contribution in [0.2, 0.25) is 0 Å². The highest BCUT2D eigenvalue weighted by atomic mass is 16.4. The predicted molar refractivity (Wildman–Crippen MR) is 79.0 cm³/mol. The number of carboxylic acid groups (broad SMARTS) is 1. The molecule has 0 bridgehead atoms. The summed E-state index contributed by atoms with van der Waals surface area (Å²) in [7, 11) is 0. The van der Waals surface area contributed by atoms with Gasteiger partial charge in [-0.3, -0.25) is 14.6 Å². The Hall–Kier alpha value is -2.69. The number of hydrogen-bond donors (Lipinski definition) is 1. The van der Waals surface area contributed by atoms with Crippen molar-refractivity contribution in [3.63, 3.8) is 0 Å². The number of anilines is 1. The van der Waals surface area contributed by atoms with Gasteiger partial charge in [0.25, 0.3) is 0 Å². The molecule has 0 spiro atoms. The first kappa shape index (κ1) is 14.7. The molecule has 5 heteroatoms. The van der Waals surface area contributed by atoms with Gasteiger partial charge in [-0.1, -0.05) is 24.3 Å². The van der Waals surface area contributed by atoms with Crippen LogP contribution in [0.3, 0.4) is 0 Å². The molecule has 1 aromatic carbocycles. The number of amides is 1. The van der Waals surface area contributed by atoms with Crippen LogP contribution < -0.4 is 4.90 Å². The molecule has 1 heterocycles. The average Bonchev–Trinajstić information content (AvgIpc) is 2.49. The number of para-hydroxylation sites is 1. The highest BCUT2D eigenvalue weighted by molar-refractivity contribution is 5.95. The largest absolute Gasteiger partial charge is 0.481 e. The van der Waals surface area contributed by atoms with Gasteiger partial charge in [0.15, 0.2) is 0 Å². The van der Waals surface area contributed by atoms with Gasteiger partial charge >= 0.3 is 5.97 Å². The number of carbonyl (C=O) groups is 2. The average molecular weight is 284 g/mol. The molecule has 0 atom stereocenters. The minimum Gasteiger partial charge on any atom is -0.481 e. The van der Waals surface area contributed by atoms with Crippen LogP contribution in [0.1, 0.15) is 12.0 Å². The summed E-state index contributed by atoms with van der Waals surface area (Å²) in [5.74, 6) is -1.07. The van der Waals surface area contributed by atoms with Crippen LogP contribution in [0.4, 0.5) is 5.69 Å². The zero-order valence-electron chi connectivity index (χ0n) is 11.5. The normalized spacial score (nSPS) is 10.1. The van der Waals surface area contributed by atoms with E-state index >= 15 is 0 Å². The molecule has 1 amide bonds. The lowest BCUT2D eigenvalue weighted by molar-refractivity contribution is -0.136. The van der Waals surface area contributed by atoms with Gasteiger partial charge in [0.05, 0.1) is 12.8 Å². The van der Waals surface area contributed by atoms with E-state index in [-0.39, 0.29) is 25.3 Å². The lowest BCUT2D eigenvalue weighted by atomic mass is 10.1. The number of rotatable bonds is 6. The van der Waals surface area contributed by atoms with E-state index in [0.717, 1.165) is 5.56 Å². The van der Waals surface area contributed by atoms with Crippen LogP contribution in [0, 0.1) is 0 Å². The van der Waals surface area contributed by atoms with Crippen molar-refractivity contribution in [1.29, 1.82) is 0 Å². The summed E-state index contributed by atoms with van der Waals surface area (Å²) in [5.41, 5.74) is 1.51. The van der Waals surface area contributed by atoms with Crippen molar-refractivity contribution in [2.45, 2.75) is 12.8 Å². The van der Waals surface area contributed by atoms with E-state index in [1.165, 1.54) is 4.90 Å². The fourth-order valence-corrected chi connectivity index (χ4v) is 1.99. The Morgan fingerprint density at radius 2 is 1.86 bits per heavy atom. The molecule has 1 N–H and O–H groups in total. The van der Waals surface area contributed by atoms with Crippen molar-refractivity contribution in [3.05, 3.63) is 60.4 Å². The van der Waals surface area contributed by atoms with Gasteiger partial charge in [-0.05, 0) is 23.8 Å². The zero-order valence-corrected chi connectivity index (χ0v) is 11.5. The van der Waals surface area contributed by atoms with Crippen molar-refractivity contribution < 1.29 is 14.7 Å². The number of hydrogen-bond acceptors (Lipinski definition) is 3. The van der Waals surface area contributed by atoms with E-state index in [0.29, 0.717) is 5.69 Å². The zero-order chi connectivity index (χ0) is 15.1. The van der Waals surface area contributed by atoms with E-state index in [4.69, 9.17) is 5.11 Å². The van der Waals surface area contributed by atoms with E-state index in [9.17, 15) is 9.59 Å². The molecule has 108 valence electrons. The number of aliphatic carboxylic acids is 1. The summed E-state index contributed by atoms with van der Waals surface area (Å²) in [6.45, 7) is 0.151. The van der Waals surface area contributed by atoms with Crippen LogP contribution in [0.5, 0.6) is 0 Å². The van der Waals surface area contributed by atoms with E-state index in [2.05, 4.69) is 4.98 Å². The molecule has 0 saturated heterocycles. The van der Waals surface area contributed by atoms with Gasteiger partial charge in [0.1, 0.15) is 0 Å². The van der Waals surface area contributed by atoms with Gasteiger partial charge in [-0.25, -0.2) is 0 Å². The Morgan fingerprint density at radius 3 is 2.48 bits per heavy atom. The number of pyridine rings is 1. The van der Waals surface area contributed by atoms with Crippen LogP contribution in [0.15, 0.2) is 54.9 Å². The molecule has 0 aliphatic carbocycles. The van der Waals surface area contributed by atoms with Crippen molar-refractivity contribution in [2.75, 3.05) is 11.4 Å². The number of nitrogens with zero attached hydrogens (tertiary/aromatic N) is 2. The highest BCUT2D eigenvalue weighted by Gasteiger charge is 2.17. The molecule has 0 radical (unpaired) electrons. The molecule has 0 aliphatic rings. The topological polar surface area (TPSA) is 70.5 Å². The third-order valence-electron chi connectivity index (χ3n) is 3.00. The lowest BCUT2D eigenvalue weighted by Crippen LogP contribution is -2.34. The molecular weight excluding hydrogens is 268 g/mol. The van der Waals surface area contributed by atoms with Gasteiger partial charge in [0.2, 0.25) is 5.91 Å². The molecule has 5 nitrogen and oxygen atoms in total. The summed E-state index contributed by atoms with van der Waals surface area (Å²) >= 11 is 0. The number of carboxylic acids is 1. The fourth-order valence-electron chi connectivity index (χ4n) is 1.99. The number of benzene rings is 1. The van der Waals surface area contributed by atoms with Gasteiger partial charge < -0.3 is 10.0 Å². The number of aromatic nitrogens is 1. The first-order chi connectivity index (χ1) is 10.2. The molecule has 2 aromatic rings. The lowest BCUT2D eigenvalue weighted by Gasteiger charge is -2.22. The smallest absolute Gasteiger partial charge is 0.305 e. The van der Waals surface area contributed by atoms with Gasteiger partial charge in [0, 0.05) is 24.6 Å². The first-order valence-electron chi connectivity index (χ1n) is 6.63. The van der Waals surface area contributed by atoms with Crippen molar-refractivity contribution in [1.82, 2.24) is 4.98 Å². The molecular formula is C16H16N2O3. The molecule has 21 heavy (non-hydrogen) atoms. The Bertz CT molecular complexity index is 599. The van der Waals surface area contributed by atoms with E-state index in [1.807, 2.05) is 24.3 Å². The SMILES string of the molecule is O=C(O)CCN(C(=O)Cc1cccnc1)c1ccccc1. The van der Waals surface area contributed by atoms with Gasteiger partial charge in [-0.2, -0.15) is 0 Å². The highest BCUT2D eigenvalue weighted by Crippen LogP contribution is 2.15. The molecule has 0 fully saturated rings. The Morgan fingerprint density at radius 1 is 1.10 bits per heavy atom. The summed E-state index contributed by atoms with van der Waals surface area (Å²) < 4.78 is 0. The standard InChI is InChI=1S/C16H16N2O3/c19-15(11-13-5-4-9-17-12-13)18(10-8-16(20)21)14-6-2-1-3-7-14/h1-7,9,12H,8,10-11H2,(H,20,21). The van der Waals surface area contributed by atoms with Crippen molar-refractivity contribution >= 4 is 17.6 Å². The van der Waals surface area contributed by atoms with Gasteiger partial charge in [-0.15, -0.1) is 0 Å². The first-order valence-corrected chi connectivity index (χ1v) is 6.63. The third-order valence-corrected chi connectivity index (χ3v) is 3.00. The van der Waals surface area contributed by atoms with Crippen LogP contribution in [-0.4, -0.2) is 28.5 Å². The fraction of sp³-hybridized carbons (Fsp3) is 0.188. The Kier molecular flexibility index (Phi) is 5.04. The molecule has 2 rings (SSSR count). The molecule has 1 aromatic heterocycles. The minimum atomic E-state index is -0.926. The summed E-state index contributed by atoms with van der Waals surface area (Å²) in [4.78, 5) is 28.7. The second kappa shape index (κ2) is 7.19.